The number of carbonyl (C=O) groups is 1. The van der Waals surface area contributed by atoms with E-state index < -0.39 is 6.09 Å². The van der Waals surface area contributed by atoms with Crippen LogP contribution in [0.5, 0.6) is 0 Å². The van der Waals surface area contributed by atoms with Crippen molar-refractivity contribution in [3.05, 3.63) is 0 Å². The van der Waals surface area contributed by atoms with Gasteiger partial charge in [0.1, 0.15) is 5.60 Å². The number of ether oxygens (including phenoxy) is 2. The maximum Gasteiger partial charge on any atom is 0.406 e. The minimum absolute atomic E-state index is 0.131. The van der Waals surface area contributed by atoms with Crippen LogP contribution in [0, 0.1) is 0 Å². The fourth-order valence-electron chi connectivity index (χ4n) is 0.557. The van der Waals surface area contributed by atoms with Gasteiger partial charge in [-0.1, -0.05) is 0 Å². The summed E-state index contributed by atoms with van der Waals surface area (Å²) >= 11 is 0. The van der Waals surface area contributed by atoms with E-state index in [9.17, 15) is 4.79 Å². The van der Waals surface area contributed by atoms with Crippen LogP contribution >= 0.6 is 0 Å². The van der Waals surface area contributed by atoms with Gasteiger partial charge in [-0.2, -0.15) is 0 Å². The van der Waals surface area contributed by atoms with E-state index in [4.69, 9.17) is 4.74 Å². The highest BCUT2D eigenvalue weighted by atomic mass is 16.6. The molecule has 4 heteroatoms. The molecule has 58 valence electrons. The van der Waals surface area contributed by atoms with E-state index in [1.54, 1.807) is 0 Å². The third-order valence-corrected chi connectivity index (χ3v) is 1.43. The second kappa shape index (κ2) is 2.46. The Bertz CT molecular complexity index is 142. The molecule has 10 heavy (non-hydrogen) atoms. The highest BCUT2D eigenvalue weighted by Crippen LogP contribution is 2.24. The summed E-state index contributed by atoms with van der Waals surface area (Å²) in [5.41, 5.74) is -0.131. The standard InChI is InChI=1S/C6H11NO3/c1-6(4-10-6)3-7-5(8)9-2/h3-4H2,1-2H3,(H,7,8)/t6-/m1/s1. The van der Waals surface area contributed by atoms with Gasteiger partial charge in [-0.25, -0.2) is 4.79 Å². The molecule has 1 fully saturated rings. The molecule has 0 saturated carbocycles. The lowest BCUT2D eigenvalue weighted by atomic mass is 10.2. The average molecular weight is 145 g/mol. The zero-order chi connectivity index (χ0) is 7.61. The summed E-state index contributed by atoms with van der Waals surface area (Å²) in [4.78, 5) is 10.5. The minimum Gasteiger partial charge on any atom is -0.453 e. The monoisotopic (exact) mass is 145 g/mol. The molecule has 0 aromatic rings. The Morgan fingerprint density at radius 3 is 2.90 bits per heavy atom. The fourth-order valence-corrected chi connectivity index (χ4v) is 0.557. The second-order valence-electron chi connectivity index (χ2n) is 2.58. The van der Waals surface area contributed by atoms with Gasteiger partial charge in [0.25, 0.3) is 0 Å². The minimum atomic E-state index is -0.406. The maximum absolute atomic E-state index is 10.5. The van der Waals surface area contributed by atoms with Crippen molar-refractivity contribution in [3.8, 4) is 0 Å². The Balaban J connectivity index is 2.10. The van der Waals surface area contributed by atoms with Crippen molar-refractivity contribution >= 4 is 6.09 Å². The van der Waals surface area contributed by atoms with E-state index in [-0.39, 0.29) is 5.60 Å². The van der Waals surface area contributed by atoms with Gasteiger partial charge in [-0.15, -0.1) is 0 Å². The highest BCUT2D eigenvalue weighted by molar-refractivity contribution is 5.67. The molecule has 0 aliphatic carbocycles. The summed E-state index contributed by atoms with van der Waals surface area (Å²) < 4.78 is 9.39. The van der Waals surface area contributed by atoms with Gasteiger partial charge < -0.3 is 14.8 Å². The number of rotatable bonds is 2. The van der Waals surface area contributed by atoms with Crippen LogP contribution in [-0.4, -0.2) is 32.0 Å². The van der Waals surface area contributed by atoms with Gasteiger partial charge in [-0.3, -0.25) is 0 Å². The molecule has 1 heterocycles. The lowest BCUT2D eigenvalue weighted by Crippen LogP contribution is -2.32. The molecule has 0 bridgehead atoms. The van der Waals surface area contributed by atoms with Gasteiger partial charge in [-0.05, 0) is 6.92 Å². The van der Waals surface area contributed by atoms with Crippen molar-refractivity contribution in [2.45, 2.75) is 12.5 Å². The third-order valence-electron chi connectivity index (χ3n) is 1.43. The maximum atomic E-state index is 10.5. The zero-order valence-electron chi connectivity index (χ0n) is 6.14. The number of alkyl carbamates (subject to hydrolysis) is 1. The first-order chi connectivity index (χ1) is 4.66. The van der Waals surface area contributed by atoms with Gasteiger partial charge in [0.15, 0.2) is 0 Å². The Kier molecular flexibility index (Phi) is 1.80. The molecule has 1 rings (SSSR count). The van der Waals surface area contributed by atoms with Crippen molar-refractivity contribution in [3.63, 3.8) is 0 Å². The number of carbonyl (C=O) groups excluding carboxylic acids is 1. The average Bonchev–Trinajstić information content (AvgIpc) is 2.64. The highest BCUT2D eigenvalue weighted by Gasteiger charge is 2.39. The molecule has 0 spiro atoms. The summed E-state index contributed by atoms with van der Waals surface area (Å²) in [6, 6.07) is 0. The Labute approximate surface area is 59.5 Å². The third kappa shape index (κ3) is 1.88. The van der Waals surface area contributed by atoms with Gasteiger partial charge in [0.05, 0.1) is 20.3 Å². The summed E-state index contributed by atoms with van der Waals surface area (Å²) in [6.45, 7) is 3.18. The molecule has 1 aliphatic rings. The van der Waals surface area contributed by atoms with Crippen LogP contribution in [0.25, 0.3) is 0 Å². The lowest BCUT2D eigenvalue weighted by molar-refractivity contribution is 0.167. The summed E-state index contributed by atoms with van der Waals surface area (Å²) in [7, 11) is 1.34. The lowest BCUT2D eigenvalue weighted by Gasteiger charge is -2.05. The van der Waals surface area contributed by atoms with E-state index in [0.717, 1.165) is 6.61 Å². The number of amides is 1. The van der Waals surface area contributed by atoms with Crippen molar-refractivity contribution in [1.82, 2.24) is 5.32 Å². The zero-order valence-corrected chi connectivity index (χ0v) is 6.14. The van der Waals surface area contributed by atoms with Crippen molar-refractivity contribution in [2.24, 2.45) is 0 Å². The molecule has 1 amide bonds. The molecule has 0 unspecified atom stereocenters. The molecule has 0 aromatic carbocycles. The fraction of sp³-hybridized carbons (Fsp3) is 0.833. The first kappa shape index (κ1) is 7.34. The first-order valence-electron chi connectivity index (χ1n) is 3.12. The molecular weight excluding hydrogens is 134 g/mol. The van der Waals surface area contributed by atoms with Crippen molar-refractivity contribution < 1.29 is 14.3 Å². The van der Waals surface area contributed by atoms with Crippen LogP contribution in [0.2, 0.25) is 0 Å². The van der Waals surface area contributed by atoms with Crippen molar-refractivity contribution in [2.75, 3.05) is 20.3 Å². The predicted octanol–water partition coefficient (Wildman–Crippen LogP) is 0.131. The molecule has 1 aliphatic heterocycles. The summed E-state index contributed by atoms with van der Waals surface area (Å²) in [5.74, 6) is 0. The Morgan fingerprint density at radius 2 is 2.50 bits per heavy atom. The van der Waals surface area contributed by atoms with Gasteiger partial charge in [0, 0.05) is 0 Å². The quantitative estimate of drug-likeness (QED) is 0.562. The molecule has 0 aromatic heterocycles. The molecular formula is C6H11NO3. The summed E-state index contributed by atoms with van der Waals surface area (Å²) in [6.07, 6.45) is -0.406. The van der Waals surface area contributed by atoms with Crippen molar-refractivity contribution in [1.29, 1.82) is 0 Å². The van der Waals surface area contributed by atoms with E-state index in [0.29, 0.717) is 6.54 Å². The number of hydrogen-bond donors (Lipinski definition) is 1. The van der Waals surface area contributed by atoms with Crippen LogP contribution in [0.3, 0.4) is 0 Å². The molecule has 1 atom stereocenters. The smallest absolute Gasteiger partial charge is 0.406 e. The number of epoxide rings is 1. The molecule has 1 saturated heterocycles. The number of hydrogen-bond acceptors (Lipinski definition) is 3. The Hall–Kier alpha value is -0.770. The van der Waals surface area contributed by atoms with Crippen LogP contribution in [0.15, 0.2) is 0 Å². The van der Waals surface area contributed by atoms with E-state index in [2.05, 4.69) is 10.1 Å². The SMILES string of the molecule is COC(=O)NC[C@]1(C)CO1. The summed E-state index contributed by atoms with van der Waals surface area (Å²) in [5, 5.41) is 2.55. The molecule has 4 nitrogen and oxygen atoms in total. The van der Waals surface area contributed by atoms with E-state index >= 15 is 0 Å². The molecule has 0 radical (unpaired) electrons. The number of methoxy groups -OCH3 is 1. The van der Waals surface area contributed by atoms with E-state index in [1.165, 1.54) is 7.11 Å². The Morgan fingerprint density at radius 1 is 1.90 bits per heavy atom. The topological polar surface area (TPSA) is 50.9 Å². The second-order valence-corrected chi connectivity index (χ2v) is 2.58. The normalized spacial score (nSPS) is 29.4. The molecule has 1 N–H and O–H groups in total. The van der Waals surface area contributed by atoms with Gasteiger partial charge in [0.2, 0.25) is 0 Å². The van der Waals surface area contributed by atoms with Crippen LogP contribution in [0.4, 0.5) is 4.79 Å². The largest absolute Gasteiger partial charge is 0.453 e. The van der Waals surface area contributed by atoms with Crippen LogP contribution in [-0.2, 0) is 9.47 Å². The van der Waals surface area contributed by atoms with Crippen LogP contribution < -0.4 is 5.32 Å². The van der Waals surface area contributed by atoms with Crippen LogP contribution in [0.1, 0.15) is 6.92 Å². The number of nitrogens with one attached hydrogen (secondary N) is 1. The van der Waals surface area contributed by atoms with E-state index in [1.807, 2.05) is 6.92 Å². The van der Waals surface area contributed by atoms with Gasteiger partial charge >= 0.3 is 6.09 Å². The first-order valence-corrected chi connectivity index (χ1v) is 3.12. The predicted molar refractivity (Wildman–Crippen MR) is 34.8 cm³/mol.